The molecule has 0 saturated carbocycles. The van der Waals surface area contributed by atoms with Gasteiger partial charge in [-0.3, -0.25) is 20.2 Å². The Hall–Kier alpha value is -4.98. The quantitative estimate of drug-likeness (QED) is 0.353. The van der Waals surface area contributed by atoms with Gasteiger partial charge in [0.25, 0.3) is 11.4 Å². The normalized spacial score (nSPS) is 17.5. The molecule has 8 heteroatoms. The van der Waals surface area contributed by atoms with Crippen molar-refractivity contribution >= 4 is 22.8 Å². The van der Waals surface area contributed by atoms with E-state index < -0.39 is 9.85 Å². The largest absolute Gasteiger partial charge is 0.270 e. The van der Waals surface area contributed by atoms with E-state index in [4.69, 9.17) is 9.98 Å². The fourth-order valence-electron chi connectivity index (χ4n) is 3.84. The molecule has 0 spiro atoms. The SMILES string of the molecule is O=[N+]([O-])c1ccc2/c(c1)=C(c1ccccc1)\N=c1/ccc([N+](=O)[O-])c/c1=C(c1ccccc1)/N=2. The molecule has 0 amide bonds. The number of nitro benzene ring substituents is 2. The highest BCUT2D eigenvalue weighted by Crippen LogP contribution is 2.16. The van der Waals surface area contributed by atoms with Gasteiger partial charge in [0.05, 0.1) is 32.0 Å². The second-order valence-corrected chi connectivity index (χ2v) is 7.57. The minimum atomic E-state index is -0.458. The van der Waals surface area contributed by atoms with Crippen LogP contribution < -0.4 is 21.2 Å². The minimum Gasteiger partial charge on any atom is -0.258 e. The Labute approximate surface area is 192 Å². The zero-order valence-corrected chi connectivity index (χ0v) is 17.7. The maximum Gasteiger partial charge on any atom is 0.270 e. The van der Waals surface area contributed by atoms with Crippen LogP contribution in [0.25, 0.3) is 11.4 Å². The second-order valence-electron chi connectivity index (χ2n) is 7.57. The molecular weight excluding hydrogens is 432 g/mol. The number of hydrogen-bond acceptors (Lipinski definition) is 6. The summed E-state index contributed by atoms with van der Waals surface area (Å²) in [5.41, 5.74) is 2.31. The topological polar surface area (TPSA) is 111 Å². The molecule has 0 radical (unpaired) electrons. The summed E-state index contributed by atoms with van der Waals surface area (Å²) >= 11 is 0. The van der Waals surface area contributed by atoms with E-state index in [0.29, 0.717) is 32.5 Å². The Morgan fingerprint density at radius 1 is 0.529 bits per heavy atom. The molecule has 0 aliphatic carbocycles. The van der Waals surface area contributed by atoms with E-state index in [2.05, 4.69) is 0 Å². The first-order valence-corrected chi connectivity index (χ1v) is 10.4. The Bertz CT molecular complexity index is 1570. The molecule has 1 aliphatic rings. The number of non-ortho nitro benzene ring substituents is 2. The Morgan fingerprint density at radius 3 is 1.26 bits per heavy atom. The van der Waals surface area contributed by atoms with Gasteiger partial charge in [0.15, 0.2) is 0 Å². The monoisotopic (exact) mass is 448 g/mol. The average molecular weight is 448 g/mol. The standard InChI is InChI=1S/C26H16N4O4/c31-29(32)19-11-13-23-21(15-19)25(17-7-3-1-4-8-17)27-24-14-12-20(30(33)34)16-22(24)26(28-23)18-9-5-2-6-10-18/h1-16H/b25-21-,26-22-,27-24+,27-25?,28-23+,28-26?. The van der Waals surface area contributed by atoms with Crippen molar-refractivity contribution in [2.45, 2.75) is 0 Å². The first kappa shape index (κ1) is 20.9. The van der Waals surface area contributed by atoms with E-state index >= 15 is 0 Å². The zero-order valence-electron chi connectivity index (χ0n) is 17.7. The summed E-state index contributed by atoms with van der Waals surface area (Å²) in [7, 11) is 0. The van der Waals surface area contributed by atoms with Crippen molar-refractivity contribution < 1.29 is 9.85 Å². The van der Waals surface area contributed by atoms with Crippen molar-refractivity contribution in [3.05, 3.63) is 150 Å². The third kappa shape index (κ3) is 3.84. The maximum absolute atomic E-state index is 11.5. The minimum absolute atomic E-state index is 0.0802. The van der Waals surface area contributed by atoms with Gasteiger partial charge < -0.3 is 0 Å². The fourth-order valence-corrected chi connectivity index (χ4v) is 3.84. The van der Waals surface area contributed by atoms with E-state index in [1.54, 1.807) is 12.1 Å². The van der Waals surface area contributed by atoms with Crippen LogP contribution in [0.2, 0.25) is 0 Å². The van der Waals surface area contributed by atoms with E-state index in [1.807, 2.05) is 60.7 Å². The van der Waals surface area contributed by atoms with Crippen LogP contribution in [-0.2, 0) is 0 Å². The predicted octanol–water partition coefficient (Wildman–Crippen LogP) is 2.77. The number of fused-ring (bicyclic) bond motifs is 2. The number of nitro groups is 2. The van der Waals surface area contributed by atoms with Crippen molar-refractivity contribution in [1.29, 1.82) is 0 Å². The highest BCUT2D eigenvalue weighted by atomic mass is 16.6. The summed E-state index contributed by atoms with van der Waals surface area (Å²) < 4.78 is 0. The van der Waals surface area contributed by atoms with Gasteiger partial charge in [-0.2, -0.15) is 0 Å². The molecule has 5 rings (SSSR count). The summed E-state index contributed by atoms with van der Waals surface area (Å²) in [5, 5.41) is 25.0. The maximum atomic E-state index is 11.5. The van der Waals surface area contributed by atoms with Crippen molar-refractivity contribution in [1.82, 2.24) is 0 Å². The lowest BCUT2D eigenvalue weighted by molar-refractivity contribution is -0.385. The van der Waals surface area contributed by atoms with Crippen molar-refractivity contribution in [2.75, 3.05) is 0 Å². The lowest BCUT2D eigenvalue weighted by Gasteiger charge is -2.09. The van der Waals surface area contributed by atoms with Crippen LogP contribution in [0.15, 0.2) is 107 Å². The molecule has 1 heterocycles. The molecule has 34 heavy (non-hydrogen) atoms. The molecule has 0 saturated heterocycles. The van der Waals surface area contributed by atoms with Crippen molar-refractivity contribution in [3.8, 4) is 0 Å². The molecule has 0 bridgehead atoms. The van der Waals surface area contributed by atoms with Crippen molar-refractivity contribution in [2.24, 2.45) is 9.98 Å². The summed E-state index contributed by atoms with van der Waals surface area (Å²) in [4.78, 5) is 31.9. The molecule has 0 aromatic heterocycles. The number of nitrogens with zero attached hydrogens (tertiary/aromatic N) is 4. The molecule has 0 unspecified atom stereocenters. The van der Waals surface area contributed by atoms with Gasteiger partial charge >= 0.3 is 0 Å². The molecule has 4 aromatic carbocycles. The Kier molecular flexibility index (Phi) is 5.23. The summed E-state index contributed by atoms with van der Waals surface area (Å²) in [5.74, 6) is 0. The fraction of sp³-hybridized carbons (Fsp3) is 0. The van der Waals surface area contributed by atoms with Crippen LogP contribution in [0, 0.1) is 20.2 Å². The lowest BCUT2D eigenvalue weighted by Crippen LogP contribution is -2.35. The third-order valence-electron chi connectivity index (χ3n) is 5.45. The van der Waals surface area contributed by atoms with Crippen LogP contribution in [0.5, 0.6) is 0 Å². The molecule has 0 N–H and O–H groups in total. The first-order valence-electron chi connectivity index (χ1n) is 10.4. The van der Waals surface area contributed by atoms with Gasteiger partial charge in [0.2, 0.25) is 0 Å². The summed E-state index contributed by atoms with van der Waals surface area (Å²) in [6.45, 7) is 0. The lowest BCUT2D eigenvalue weighted by atomic mass is 10.1. The van der Waals surface area contributed by atoms with E-state index in [0.717, 1.165) is 11.1 Å². The molecule has 0 atom stereocenters. The van der Waals surface area contributed by atoms with E-state index in [9.17, 15) is 20.2 Å². The van der Waals surface area contributed by atoms with Crippen molar-refractivity contribution in [3.63, 3.8) is 0 Å². The van der Waals surface area contributed by atoms with Gasteiger partial charge in [-0.1, -0.05) is 60.7 Å². The van der Waals surface area contributed by atoms with Gasteiger partial charge in [-0.25, -0.2) is 9.98 Å². The molecule has 1 aliphatic heterocycles. The number of hydrogen-bond donors (Lipinski definition) is 0. The number of benzene rings is 4. The number of rotatable bonds is 4. The average Bonchev–Trinajstić information content (AvgIpc) is 2.86. The smallest absolute Gasteiger partial charge is 0.258 e. The van der Waals surface area contributed by atoms with Crippen LogP contribution in [-0.4, -0.2) is 9.85 Å². The van der Waals surface area contributed by atoms with Crippen LogP contribution >= 0.6 is 0 Å². The second kappa shape index (κ2) is 8.51. The van der Waals surface area contributed by atoms with Gasteiger partial charge in [0.1, 0.15) is 0 Å². The summed E-state index contributed by atoms with van der Waals surface area (Å²) in [6.07, 6.45) is 0. The highest BCUT2D eigenvalue weighted by molar-refractivity contribution is 5.69. The molecule has 4 aromatic rings. The van der Waals surface area contributed by atoms with E-state index in [-0.39, 0.29) is 11.4 Å². The van der Waals surface area contributed by atoms with Crippen LogP contribution in [0.4, 0.5) is 11.4 Å². The van der Waals surface area contributed by atoms with Crippen LogP contribution in [0.3, 0.4) is 0 Å². The third-order valence-corrected chi connectivity index (χ3v) is 5.45. The summed E-state index contributed by atoms with van der Waals surface area (Å²) in [6, 6.07) is 27.4. The van der Waals surface area contributed by atoms with Gasteiger partial charge in [-0.05, 0) is 12.1 Å². The molecular formula is C26H16N4O4. The van der Waals surface area contributed by atoms with Crippen LogP contribution in [0.1, 0.15) is 11.1 Å². The van der Waals surface area contributed by atoms with Gasteiger partial charge in [0, 0.05) is 45.8 Å². The van der Waals surface area contributed by atoms with Gasteiger partial charge in [-0.15, -0.1) is 0 Å². The Morgan fingerprint density at radius 2 is 0.912 bits per heavy atom. The molecule has 8 nitrogen and oxygen atoms in total. The molecule has 164 valence electrons. The predicted molar refractivity (Wildman–Crippen MR) is 126 cm³/mol. The Balaban J connectivity index is 2.01. The van der Waals surface area contributed by atoms with E-state index in [1.165, 1.54) is 24.3 Å². The highest BCUT2D eigenvalue weighted by Gasteiger charge is 2.15. The zero-order chi connectivity index (χ0) is 23.7. The molecule has 0 fully saturated rings. The first-order chi connectivity index (χ1) is 16.5.